The lowest BCUT2D eigenvalue weighted by Gasteiger charge is -2.15. The van der Waals surface area contributed by atoms with E-state index in [0.717, 1.165) is 28.1 Å². The number of hydrogen-bond donors (Lipinski definition) is 0. The number of aryl methyl sites for hydroxylation is 4. The maximum Gasteiger partial charge on any atom is 0.417 e. The van der Waals surface area contributed by atoms with E-state index >= 15 is 0 Å². The van der Waals surface area contributed by atoms with Gasteiger partial charge >= 0.3 is 11.9 Å². The van der Waals surface area contributed by atoms with Crippen molar-refractivity contribution in [2.75, 3.05) is 0 Å². The highest BCUT2D eigenvalue weighted by Gasteiger charge is 2.30. The second-order valence-corrected chi connectivity index (χ2v) is 7.83. The Morgan fingerprint density at radius 1 is 1.03 bits per heavy atom. The minimum absolute atomic E-state index is 0.121. The first-order valence-corrected chi connectivity index (χ1v) is 10.3. The summed E-state index contributed by atoms with van der Waals surface area (Å²) in [5.74, 6) is 0.369. The van der Waals surface area contributed by atoms with Crippen LogP contribution in [-0.2, 0) is 19.8 Å². The molecule has 34 heavy (non-hydrogen) atoms. The van der Waals surface area contributed by atoms with Crippen molar-refractivity contribution >= 4 is 0 Å². The van der Waals surface area contributed by atoms with Gasteiger partial charge in [0.25, 0.3) is 0 Å². The molecule has 4 aromatic rings. The van der Waals surface area contributed by atoms with E-state index in [-0.39, 0.29) is 12.3 Å². The molecule has 3 heterocycles. The summed E-state index contributed by atoms with van der Waals surface area (Å²) >= 11 is 0. The molecule has 0 atom stereocenters. The molecule has 0 unspecified atom stereocenters. The van der Waals surface area contributed by atoms with Gasteiger partial charge in [0, 0.05) is 29.9 Å². The van der Waals surface area contributed by atoms with Crippen LogP contribution >= 0.6 is 0 Å². The lowest BCUT2D eigenvalue weighted by molar-refractivity contribution is -0.137. The van der Waals surface area contributed by atoms with Crippen molar-refractivity contribution in [2.24, 2.45) is 7.05 Å². The summed E-state index contributed by atoms with van der Waals surface area (Å²) in [5.41, 5.74) is 3.25. The van der Waals surface area contributed by atoms with Crippen molar-refractivity contribution in [3.8, 4) is 22.8 Å². The predicted molar refractivity (Wildman–Crippen MR) is 118 cm³/mol. The zero-order chi connectivity index (χ0) is 24.6. The molecule has 0 saturated heterocycles. The van der Waals surface area contributed by atoms with Crippen molar-refractivity contribution in [3.05, 3.63) is 81.0 Å². The molecule has 0 saturated carbocycles. The molecule has 8 nitrogen and oxygen atoms in total. The molecule has 1 aromatic carbocycles. The number of hydrogen-bond acceptors (Lipinski definition) is 6. The van der Waals surface area contributed by atoms with Gasteiger partial charge in [-0.1, -0.05) is 12.1 Å². The van der Waals surface area contributed by atoms with E-state index in [1.807, 2.05) is 19.1 Å². The molecule has 3 aromatic heterocycles. The molecule has 0 amide bonds. The lowest BCUT2D eigenvalue weighted by atomic mass is 10.1. The highest BCUT2D eigenvalue weighted by molar-refractivity contribution is 5.63. The summed E-state index contributed by atoms with van der Waals surface area (Å²) in [6.45, 7) is 5.55. The molecule has 0 fully saturated rings. The Morgan fingerprint density at radius 3 is 2.41 bits per heavy atom. The van der Waals surface area contributed by atoms with E-state index in [0.29, 0.717) is 34.1 Å². The standard InChI is InChI=1S/C23H21F3N6O2/c1-13-6-5-7-20(32-22(33)31(4)29-30-32)18(13)12-34-21-14(2)10-17(15(3)28-21)19-9-8-16(11-27-19)23(24,25)26/h5-11H,12H2,1-4H3. The number of pyridine rings is 2. The van der Waals surface area contributed by atoms with Crippen LogP contribution in [0, 0.1) is 20.8 Å². The lowest BCUT2D eigenvalue weighted by Crippen LogP contribution is -2.23. The summed E-state index contributed by atoms with van der Waals surface area (Å²) in [6.07, 6.45) is -3.64. The monoisotopic (exact) mass is 470 g/mol. The van der Waals surface area contributed by atoms with Crippen LogP contribution in [0.1, 0.15) is 27.9 Å². The Kier molecular flexibility index (Phi) is 5.94. The van der Waals surface area contributed by atoms with Crippen molar-refractivity contribution in [3.63, 3.8) is 0 Å². The van der Waals surface area contributed by atoms with Gasteiger partial charge in [-0.05, 0) is 61.0 Å². The number of alkyl halides is 3. The van der Waals surface area contributed by atoms with Crippen LogP contribution in [0.25, 0.3) is 16.9 Å². The number of rotatable bonds is 5. The van der Waals surface area contributed by atoms with Gasteiger partial charge in [0.05, 0.1) is 22.6 Å². The van der Waals surface area contributed by atoms with Crippen LogP contribution in [-0.4, -0.2) is 29.8 Å². The third-order valence-electron chi connectivity index (χ3n) is 5.41. The van der Waals surface area contributed by atoms with Crippen LogP contribution in [0.2, 0.25) is 0 Å². The number of nitrogens with zero attached hydrogens (tertiary/aromatic N) is 6. The first-order valence-electron chi connectivity index (χ1n) is 10.3. The zero-order valence-electron chi connectivity index (χ0n) is 18.9. The van der Waals surface area contributed by atoms with Crippen molar-refractivity contribution < 1.29 is 17.9 Å². The third-order valence-corrected chi connectivity index (χ3v) is 5.41. The molecular weight excluding hydrogens is 449 g/mol. The normalized spacial score (nSPS) is 11.6. The number of ether oxygens (including phenoxy) is 1. The summed E-state index contributed by atoms with van der Waals surface area (Å²) in [5, 5.41) is 7.67. The minimum Gasteiger partial charge on any atom is -0.473 e. The second-order valence-electron chi connectivity index (χ2n) is 7.83. The van der Waals surface area contributed by atoms with Gasteiger partial charge in [-0.2, -0.15) is 22.5 Å². The molecule has 0 aliphatic carbocycles. The Bertz CT molecular complexity index is 1410. The van der Waals surface area contributed by atoms with E-state index in [9.17, 15) is 18.0 Å². The first-order chi connectivity index (χ1) is 16.1. The SMILES string of the molecule is Cc1cc(-c2ccc(C(F)(F)F)cn2)c(C)nc1OCc1c(C)cccc1-n1nnn(C)c1=O. The number of aromatic nitrogens is 6. The summed E-state index contributed by atoms with van der Waals surface area (Å²) in [4.78, 5) is 20.8. The van der Waals surface area contributed by atoms with Crippen LogP contribution in [0.15, 0.2) is 47.4 Å². The summed E-state index contributed by atoms with van der Waals surface area (Å²) < 4.78 is 46.8. The maximum absolute atomic E-state index is 12.8. The van der Waals surface area contributed by atoms with Crippen LogP contribution in [0.3, 0.4) is 0 Å². The Balaban J connectivity index is 1.62. The molecule has 0 aliphatic heterocycles. The van der Waals surface area contributed by atoms with Gasteiger partial charge in [0.15, 0.2) is 0 Å². The Morgan fingerprint density at radius 2 is 1.79 bits per heavy atom. The van der Waals surface area contributed by atoms with Gasteiger partial charge in [-0.15, -0.1) is 0 Å². The van der Waals surface area contributed by atoms with Gasteiger partial charge < -0.3 is 4.74 Å². The topological polar surface area (TPSA) is 87.7 Å². The molecule has 0 spiro atoms. The molecule has 11 heteroatoms. The Labute approximate surface area is 192 Å². The fraction of sp³-hybridized carbons (Fsp3) is 0.261. The molecule has 0 aliphatic rings. The summed E-state index contributed by atoms with van der Waals surface area (Å²) in [6, 6.07) is 9.57. The molecule has 0 radical (unpaired) electrons. The van der Waals surface area contributed by atoms with Gasteiger partial charge in [0.2, 0.25) is 5.88 Å². The molecule has 176 valence electrons. The van der Waals surface area contributed by atoms with Crippen LogP contribution in [0.5, 0.6) is 5.88 Å². The van der Waals surface area contributed by atoms with Crippen LogP contribution < -0.4 is 10.4 Å². The molecule has 0 bridgehead atoms. The quantitative estimate of drug-likeness (QED) is 0.439. The van der Waals surface area contributed by atoms with E-state index < -0.39 is 11.7 Å². The highest BCUT2D eigenvalue weighted by Crippen LogP contribution is 2.31. The smallest absolute Gasteiger partial charge is 0.417 e. The minimum atomic E-state index is -4.45. The maximum atomic E-state index is 12.8. The zero-order valence-corrected chi connectivity index (χ0v) is 18.9. The molecular formula is C23H21F3N6O2. The molecule has 0 N–H and O–H groups in total. The van der Waals surface area contributed by atoms with Crippen molar-refractivity contribution in [1.29, 1.82) is 0 Å². The largest absolute Gasteiger partial charge is 0.473 e. The Hall–Kier alpha value is -4.02. The van der Waals surface area contributed by atoms with Crippen LogP contribution in [0.4, 0.5) is 13.2 Å². The summed E-state index contributed by atoms with van der Waals surface area (Å²) in [7, 11) is 1.51. The number of tetrazole rings is 1. The second kappa shape index (κ2) is 8.73. The van der Waals surface area contributed by atoms with E-state index in [1.165, 1.54) is 17.8 Å². The van der Waals surface area contributed by atoms with Crippen molar-refractivity contribution in [1.82, 2.24) is 29.8 Å². The van der Waals surface area contributed by atoms with Gasteiger partial charge in [0.1, 0.15) is 6.61 Å². The van der Waals surface area contributed by atoms with E-state index in [4.69, 9.17) is 4.74 Å². The van der Waals surface area contributed by atoms with E-state index in [1.54, 1.807) is 26.0 Å². The van der Waals surface area contributed by atoms with Gasteiger partial charge in [-0.25, -0.2) is 9.78 Å². The predicted octanol–water partition coefficient (Wildman–Crippen LogP) is 3.95. The number of halogens is 3. The van der Waals surface area contributed by atoms with Gasteiger partial charge in [-0.3, -0.25) is 4.98 Å². The van der Waals surface area contributed by atoms with Crippen molar-refractivity contribution in [2.45, 2.75) is 33.6 Å². The third kappa shape index (κ3) is 4.41. The average molecular weight is 470 g/mol. The average Bonchev–Trinajstić information content (AvgIpc) is 3.12. The fourth-order valence-corrected chi connectivity index (χ4v) is 3.49. The fourth-order valence-electron chi connectivity index (χ4n) is 3.49. The van der Waals surface area contributed by atoms with E-state index in [2.05, 4.69) is 20.4 Å². The molecule has 4 rings (SSSR count). The number of benzene rings is 1. The first kappa shape index (κ1) is 23.1. The highest BCUT2D eigenvalue weighted by atomic mass is 19.4.